The van der Waals surface area contributed by atoms with Gasteiger partial charge in [0.2, 0.25) is 0 Å². The number of fused-ring (bicyclic) bond motifs is 1. The third-order valence-electron chi connectivity index (χ3n) is 4.17. The van der Waals surface area contributed by atoms with Gasteiger partial charge in [-0.2, -0.15) is 0 Å². The van der Waals surface area contributed by atoms with Gasteiger partial charge in [0.15, 0.2) is 0 Å². The van der Waals surface area contributed by atoms with Crippen LogP contribution in [0, 0.1) is 5.92 Å². The van der Waals surface area contributed by atoms with Crippen LogP contribution in [-0.2, 0) is 13.0 Å². The summed E-state index contributed by atoms with van der Waals surface area (Å²) in [5, 5.41) is 3.47. The van der Waals surface area contributed by atoms with E-state index in [2.05, 4.69) is 35.3 Å². The van der Waals surface area contributed by atoms with E-state index in [1.165, 1.54) is 49.2 Å². The third kappa shape index (κ3) is 2.47. The van der Waals surface area contributed by atoms with Gasteiger partial charge in [-0.15, -0.1) is 0 Å². The summed E-state index contributed by atoms with van der Waals surface area (Å²) in [6.45, 7) is 7.15. The minimum absolute atomic E-state index is 0.924. The molecule has 0 amide bonds. The molecule has 1 aromatic rings. The van der Waals surface area contributed by atoms with Crippen molar-refractivity contribution in [2.75, 3.05) is 25.0 Å². The Morgan fingerprint density at radius 2 is 2.12 bits per heavy atom. The lowest BCUT2D eigenvalue weighted by atomic mass is 9.98. The van der Waals surface area contributed by atoms with Crippen molar-refractivity contribution in [2.24, 2.45) is 5.92 Å². The molecule has 1 saturated heterocycles. The molecule has 1 N–H and O–H groups in total. The van der Waals surface area contributed by atoms with Gasteiger partial charge in [0.1, 0.15) is 0 Å². The van der Waals surface area contributed by atoms with E-state index < -0.39 is 0 Å². The zero-order valence-electron chi connectivity index (χ0n) is 10.7. The minimum atomic E-state index is 0.924. The van der Waals surface area contributed by atoms with E-state index in [0.717, 1.165) is 19.0 Å². The van der Waals surface area contributed by atoms with Crippen LogP contribution >= 0.6 is 0 Å². The Bertz CT molecular complexity index is 392. The number of hydrogen-bond acceptors (Lipinski definition) is 2. The van der Waals surface area contributed by atoms with Crippen molar-refractivity contribution >= 4 is 5.69 Å². The summed E-state index contributed by atoms with van der Waals surface area (Å²) in [5.74, 6) is 0.924. The first-order chi connectivity index (χ1) is 8.31. The Labute approximate surface area is 104 Å². The second-order valence-electron chi connectivity index (χ2n) is 5.63. The van der Waals surface area contributed by atoms with Crippen molar-refractivity contribution in [3.05, 3.63) is 29.3 Å². The van der Waals surface area contributed by atoms with Crippen molar-refractivity contribution in [1.82, 2.24) is 4.90 Å². The Kier molecular flexibility index (Phi) is 3.06. The summed E-state index contributed by atoms with van der Waals surface area (Å²) in [6.07, 6.45) is 3.92. The molecule has 2 nitrogen and oxygen atoms in total. The highest BCUT2D eigenvalue weighted by molar-refractivity contribution is 5.56. The molecule has 0 saturated carbocycles. The number of benzene rings is 1. The molecule has 0 aliphatic carbocycles. The highest BCUT2D eigenvalue weighted by Gasteiger charge is 2.16. The molecule has 0 atom stereocenters. The molecule has 3 rings (SSSR count). The van der Waals surface area contributed by atoms with Crippen LogP contribution in [0.15, 0.2) is 18.2 Å². The van der Waals surface area contributed by atoms with Gasteiger partial charge in [-0.05, 0) is 55.5 Å². The number of anilines is 1. The number of piperidine rings is 1. The molecule has 2 aliphatic heterocycles. The van der Waals surface area contributed by atoms with Gasteiger partial charge in [0, 0.05) is 18.8 Å². The molecule has 1 aromatic carbocycles. The second kappa shape index (κ2) is 4.69. The number of nitrogens with one attached hydrogen (secondary N) is 1. The van der Waals surface area contributed by atoms with E-state index in [1.807, 2.05) is 0 Å². The number of nitrogens with zero attached hydrogens (tertiary/aromatic N) is 1. The lowest BCUT2D eigenvalue weighted by molar-refractivity contribution is 0.185. The summed E-state index contributed by atoms with van der Waals surface area (Å²) in [6, 6.07) is 6.96. The molecular formula is C15H22N2. The van der Waals surface area contributed by atoms with Crippen LogP contribution < -0.4 is 5.32 Å². The van der Waals surface area contributed by atoms with E-state index in [1.54, 1.807) is 0 Å². The monoisotopic (exact) mass is 230 g/mol. The fourth-order valence-corrected chi connectivity index (χ4v) is 2.91. The number of rotatable bonds is 2. The van der Waals surface area contributed by atoms with Crippen LogP contribution in [0.4, 0.5) is 5.69 Å². The quantitative estimate of drug-likeness (QED) is 0.840. The van der Waals surface area contributed by atoms with E-state index in [0.29, 0.717) is 0 Å². The fourth-order valence-electron chi connectivity index (χ4n) is 2.91. The van der Waals surface area contributed by atoms with E-state index in [9.17, 15) is 0 Å². The maximum absolute atomic E-state index is 3.47. The van der Waals surface area contributed by atoms with Crippen LogP contribution in [0.1, 0.15) is 30.9 Å². The van der Waals surface area contributed by atoms with E-state index >= 15 is 0 Å². The molecule has 0 aromatic heterocycles. The van der Waals surface area contributed by atoms with Crippen molar-refractivity contribution in [3.8, 4) is 0 Å². The molecule has 92 valence electrons. The van der Waals surface area contributed by atoms with Crippen LogP contribution in [0.25, 0.3) is 0 Å². The van der Waals surface area contributed by atoms with Gasteiger partial charge in [0.25, 0.3) is 0 Å². The van der Waals surface area contributed by atoms with Gasteiger partial charge in [0.05, 0.1) is 0 Å². The van der Waals surface area contributed by atoms with Gasteiger partial charge in [-0.25, -0.2) is 0 Å². The van der Waals surface area contributed by atoms with Gasteiger partial charge in [-0.3, -0.25) is 4.90 Å². The maximum atomic E-state index is 3.47. The molecule has 0 spiro atoms. The first-order valence-electron chi connectivity index (χ1n) is 6.89. The molecular weight excluding hydrogens is 208 g/mol. The second-order valence-corrected chi connectivity index (χ2v) is 5.63. The Morgan fingerprint density at radius 3 is 2.94 bits per heavy atom. The van der Waals surface area contributed by atoms with E-state index in [-0.39, 0.29) is 0 Å². The fraction of sp³-hybridized carbons (Fsp3) is 0.600. The molecule has 0 unspecified atom stereocenters. The van der Waals surface area contributed by atoms with Gasteiger partial charge >= 0.3 is 0 Å². The van der Waals surface area contributed by atoms with Crippen molar-refractivity contribution in [2.45, 2.75) is 32.7 Å². The molecule has 1 fully saturated rings. The summed E-state index contributed by atoms with van der Waals surface area (Å²) < 4.78 is 0. The zero-order chi connectivity index (χ0) is 11.7. The normalized spacial score (nSPS) is 21.2. The third-order valence-corrected chi connectivity index (χ3v) is 4.17. The van der Waals surface area contributed by atoms with Gasteiger partial charge in [-0.1, -0.05) is 19.1 Å². The molecule has 2 heteroatoms. The highest BCUT2D eigenvalue weighted by Crippen LogP contribution is 2.25. The lowest BCUT2D eigenvalue weighted by Gasteiger charge is -2.30. The number of hydrogen-bond donors (Lipinski definition) is 1. The van der Waals surface area contributed by atoms with E-state index in [4.69, 9.17) is 0 Å². The van der Waals surface area contributed by atoms with Crippen molar-refractivity contribution in [3.63, 3.8) is 0 Å². The van der Waals surface area contributed by atoms with Crippen LogP contribution in [0.2, 0.25) is 0 Å². The minimum Gasteiger partial charge on any atom is -0.384 e. The molecule has 2 aliphatic rings. The summed E-state index contributed by atoms with van der Waals surface area (Å²) in [7, 11) is 0. The SMILES string of the molecule is CC1CCN(Cc2ccc3c(c2)NCC3)CC1. The topological polar surface area (TPSA) is 15.3 Å². The summed E-state index contributed by atoms with van der Waals surface area (Å²) in [5.41, 5.74) is 4.32. The molecule has 17 heavy (non-hydrogen) atoms. The smallest absolute Gasteiger partial charge is 0.0376 e. The predicted octanol–water partition coefficient (Wildman–Crippen LogP) is 2.89. The van der Waals surface area contributed by atoms with Crippen LogP contribution in [-0.4, -0.2) is 24.5 Å². The number of likely N-dealkylation sites (tertiary alicyclic amines) is 1. The summed E-state index contributed by atoms with van der Waals surface area (Å²) in [4.78, 5) is 2.59. The first-order valence-corrected chi connectivity index (χ1v) is 6.89. The zero-order valence-corrected chi connectivity index (χ0v) is 10.7. The Hall–Kier alpha value is -1.02. The van der Waals surface area contributed by atoms with Crippen LogP contribution in [0.3, 0.4) is 0 Å². The largest absolute Gasteiger partial charge is 0.384 e. The predicted molar refractivity (Wildman–Crippen MR) is 72.3 cm³/mol. The lowest BCUT2D eigenvalue weighted by Crippen LogP contribution is -2.32. The Balaban J connectivity index is 1.65. The average molecular weight is 230 g/mol. The molecule has 0 bridgehead atoms. The first kappa shape index (κ1) is 11.1. The van der Waals surface area contributed by atoms with Gasteiger partial charge < -0.3 is 5.32 Å². The van der Waals surface area contributed by atoms with Crippen LogP contribution in [0.5, 0.6) is 0 Å². The molecule has 0 radical (unpaired) electrons. The van der Waals surface area contributed by atoms with Crippen molar-refractivity contribution < 1.29 is 0 Å². The maximum Gasteiger partial charge on any atom is 0.0376 e. The molecule has 2 heterocycles. The standard InChI is InChI=1S/C15H22N2/c1-12-5-8-17(9-6-12)11-13-2-3-14-4-7-16-15(14)10-13/h2-3,10,12,16H,4-9,11H2,1H3. The Morgan fingerprint density at radius 1 is 1.29 bits per heavy atom. The average Bonchev–Trinajstić information content (AvgIpc) is 2.79. The van der Waals surface area contributed by atoms with Crippen molar-refractivity contribution in [1.29, 1.82) is 0 Å². The highest BCUT2D eigenvalue weighted by atomic mass is 15.1. The summed E-state index contributed by atoms with van der Waals surface area (Å²) >= 11 is 0.